The molecular formula is C12H21NO5S. The van der Waals surface area contributed by atoms with Crippen molar-refractivity contribution in [3.63, 3.8) is 0 Å². The van der Waals surface area contributed by atoms with E-state index in [1.807, 2.05) is 20.8 Å². The fraction of sp³-hybridized carbons (Fsp3) is 0.750. The first kappa shape index (κ1) is 16.1. The Bertz CT molecular complexity index is 449. The smallest absolute Gasteiger partial charge is 0.326 e. The molecule has 0 bridgehead atoms. The van der Waals surface area contributed by atoms with E-state index < -0.39 is 27.6 Å². The first-order valence-electron chi connectivity index (χ1n) is 6.04. The number of methoxy groups -OCH3 is 1. The molecule has 0 saturated heterocycles. The average molecular weight is 291 g/mol. The van der Waals surface area contributed by atoms with Crippen LogP contribution in [-0.4, -0.2) is 56.3 Å². The van der Waals surface area contributed by atoms with Crippen LogP contribution in [0.2, 0.25) is 0 Å². The summed E-state index contributed by atoms with van der Waals surface area (Å²) in [4.78, 5) is 11.8. The third kappa shape index (κ3) is 4.59. The standard InChI is InChI=1S/C12H21NO5S/c1-12(2,3)18-9-10(11(14)17-4)13-7-5-6-8-19(13,15)16/h5-6,10H,7-9H2,1-4H3/t10-/m0/s1. The van der Waals surface area contributed by atoms with Crippen molar-refractivity contribution in [2.24, 2.45) is 0 Å². The summed E-state index contributed by atoms with van der Waals surface area (Å²) in [6.45, 7) is 5.66. The van der Waals surface area contributed by atoms with E-state index >= 15 is 0 Å². The van der Waals surface area contributed by atoms with Gasteiger partial charge >= 0.3 is 5.97 Å². The Morgan fingerprint density at radius 1 is 1.37 bits per heavy atom. The first-order chi connectivity index (χ1) is 8.67. The van der Waals surface area contributed by atoms with Gasteiger partial charge in [0.25, 0.3) is 0 Å². The van der Waals surface area contributed by atoms with Crippen molar-refractivity contribution in [3.05, 3.63) is 12.2 Å². The molecule has 0 aromatic heterocycles. The first-order valence-corrected chi connectivity index (χ1v) is 7.64. The minimum Gasteiger partial charge on any atom is -0.468 e. The van der Waals surface area contributed by atoms with E-state index in [4.69, 9.17) is 4.74 Å². The molecule has 0 aromatic carbocycles. The Balaban J connectivity index is 2.91. The molecule has 0 saturated carbocycles. The van der Waals surface area contributed by atoms with Gasteiger partial charge in [0.2, 0.25) is 10.0 Å². The van der Waals surface area contributed by atoms with Gasteiger partial charge in [0.05, 0.1) is 25.1 Å². The molecule has 6 nitrogen and oxygen atoms in total. The second kappa shape index (κ2) is 6.02. The Hall–Kier alpha value is -0.920. The molecule has 19 heavy (non-hydrogen) atoms. The number of rotatable bonds is 4. The maximum Gasteiger partial charge on any atom is 0.326 e. The number of nitrogens with zero attached hydrogens (tertiary/aromatic N) is 1. The maximum atomic E-state index is 12.0. The lowest BCUT2D eigenvalue weighted by atomic mass is 10.2. The summed E-state index contributed by atoms with van der Waals surface area (Å²) >= 11 is 0. The Morgan fingerprint density at radius 2 is 2.00 bits per heavy atom. The summed E-state index contributed by atoms with van der Waals surface area (Å²) < 4.78 is 35.3. The maximum absolute atomic E-state index is 12.0. The van der Waals surface area contributed by atoms with Crippen LogP contribution in [-0.2, 0) is 24.3 Å². The van der Waals surface area contributed by atoms with Gasteiger partial charge in [-0.15, -0.1) is 0 Å². The topological polar surface area (TPSA) is 72.9 Å². The van der Waals surface area contributed by atoms with Crippen molar-refractivity contribution in [1.82, 2.24) is 4.31 Å². The van der Waals surface area contributed by atoms with E-state index in [1.165, 1.54) is 7.11 Å². The minimum atomic E-state index is -3.48. The number of esters is 1. The molecule has 110 valence electrons. The highest BCUT2D eigenvalue weighted by molar-refractivity contribution is 7.89. The molecule has 0 aromatic rings. The van der Waals surface area contributed by atoms with Crippen molar-refractivity contribution >= 4 is 16.0 Å². The number of hydrogen-bond donors (Lipinski definition) is 0. The molecule has 1 aliphatic rings. The van der Waals surface area contributed by atoms with Crippen molar-refractivity contribution in [2.75, 3.05) is 26.0 Å². The number of carbonyl (C=O) groups excluding carboxylic acids is 1. The van der Waals surface area contributed by atoms with Crippen LogP contribution in [0.25, 0.3) is 0 Å². The van der Waals surface area contributed by atoms with E-state index in [2.05, 4.69) is 4.74 Å². The van der Waals surface area contributed by atoms with Crippen molar-refractivity contribution in [2.45, 2.75) is 32.4 Å². The predicted octanol–water partition coefficient (Wildman–Crippen LogP) is 0.545. The average Bonchev–Trinajstić information content (AvgIpc) is 2.29. The van der Waals surface area contributed by atoms with Gasteiger partial charge in [-0.1, -0.05) is 12.2 Å². The highest BCUT2D eigenvalue weighted by Crippen LogP contribution is 2.17. The number of sulfonamides is 1. The predicted molar refractivity (Wildman–Crippen MR) is 71.1 cm³/mol. The van der Waals surface area contributed by atoms with E-state index in [9.17, 15) is 13.2 Å². The van der Waals surface area contributed by atoms with Gasteiger partial charge in [-0.25, -0.2) is 8.42 Å². The second-order valence-electron chi connectivity index (χ2n) is 5.28. The van der Waals surface area contributed by atoms with Gasteiger partial charge in [-0.05, 0) is 20.8 Å². The molecule has 1 aliphatic heterocycles. The van der Waals surface area contributed by atoms with Gasteiger partial charge < -0.3 is 9.47 Å². The van der Waals surface area contributed by atoms with Gasteiger partial charge in [0.15, 0.2) is 0 Å². The van der Waals surface area contributed by atoms with Crippen LogP contribution in [0, 0.1) is 0 Å². The lowest BCUT2D eigenvalue weighted by Gasteiger charge is -2.31. The summed E-state index contributed by atoms with van der Waals surface area (Å²) in [6.07, 6.45) is 3.29. The second-order valence-corrected chi connectivity index (χ2v) is 7.25. The number of hydrogen-bond acceptors (Lipinski definition) is 5. The van der Waals surface area contributed by atoms with Gasteiger partial charge in [-0.2, -0.15) is 4.31 Å². The molecule has 0 N–H and O–H groups in total. The van der Waals surface area contributed by atoms with Crippen molar-refractivity contribution < 1.29 is 22.7 Å². The van der Waals surface area contributed by atoms with Gasteiger partial charge in [0, 0.05) is 6.54 Å². The molecule has 0 fully saturated rings. The molecule has 0 aliphatic carbocycles. The largest absolute Gasteiger partial charge is 0.468 e. The van der Waals surface area contributed by atoms with E-state index in [1.54, 1.807) is 12.2 Å². The van der Waals surface area contributed by atoms with Crippen molar-refractivity contribution in [1.29, 1.82) is 0 Å². The molecule has 0 radical (unpaired) electrons. The molecule has 7 heteroatoms. The van der Waals surface area contributed by atoms with Gasteiger partial charge in [0.1, 0.15) is 6.04 Å². The van der Waals surface area contributed by atoms with Crippen LogP contribution in [0.15, 0.2) is 12.2 Å². The van der Waals surface area contributed by atoms with Crippen molar-refractivity contribution in [3.8, 4) is 0 Å². The molecule has 0 amide bonds. The van der Waals surface area contributed by atoms with Crippen LogP contribution in [0.3, 0.4) is 0 Å². The summed E-state index contributed by atoms with van der Waals surface area (Å²) in [7, 11) is -2.24. The Morgan fingerprint density at radius 3 is 2.47 bits per heavy atom. The zero-order chi connectivity index (χ0) is 14.7. The zero-order valence-electron chi connectivity index (χ0n) is 11.8. The summed E-state index contributed by atoms with van der Waals surface area (Å²) in [6, 6.07) is -0.945. The summed E-state index contributed by atoms with van der Waals surface area (Å²) in [5.41, 5.74) is -0.457. The highest BCUT2D eigenvalue weighted by Gasteiger charge is 2.36. The highest BCUT2D eigenvalue weighted by atomic mass is 32.2. The van der Waals surface area contributed by atoms with E-state index in [-0.39, 0.29) is 18.9 Å². The summed E-state index contributed by atoms with van der Waals surface area (Å²) in [5.74, 6) is -0.709. The lowest BCUT2D eigenvalue weighted by molar-refractivity contribution is -0.149. The Kier molecular flexibility index (Phi) is 5.11. The summed E-state index contributed by atoms with van der Waals surface area (Å²) in [5, 5.41) is 0. The normalized spacial score (nSPS) is 21.1. The quantitative estimate of drug-likeness (QED) is 0.558. The SMILES string of the molecule is COC(=O)[C@H](COC(C)(C)C)N1CC=CCS1(=O)=O. The monoisotopic (exact) mass is 291 g/mol. The number of ether oxygens (including phenoxy) is 2. The van der Waals surface area contributed by atoms with E-state index in [0.717, 1.165) is 4.31 Å². The third-order valence-corrected chi connectivity index (χ3v) is 4.34. The van der Waals surface area contributed by atoms with Crippen LogP contribution < -0.4 is 0 Å². The van der Waals surface area contributed by atoms with Crippen LogP contribution in [0.5, 0.6) is 0 Å². The zero-order valence-corrected chi connectivity index (χ0v) is 12.6. The fourth-order valence-corrected chi connectivity index (χ4v) is 3.05. The molecule has 1 atom stereocenters. The third-order valence-electron chi connectivity index (χ3n) is 2.61. The molecule has 0 spiro atoms. The molecular weight excluding hydrogens is 270 g/mol. The van der Waals surface area contributed by atoms with Crippen LogP contribution in [0.1, 0.15) is 20.8 Å². The molecule has 1 rings (SSSR count). The van der Waals surface area contributed by atoms with E-state index in [0.29, 0.717) is 0 Å². The molecule has 0 unspecified atom stereocenters. The number of carbonyl (C=O) groups is 1. The Labute approximate surface area is 114 Å². The molecule has 1 heterocycles. The van der Waals surface area contributed by atoms with Crippen LogP contribution in [0.4, 0.5) is 0 Å². The van der Waals surface area contributed by atoms with Gasteiger partial charge in [-0.3, -0.25) is 4.79 Å². The minimum absolute atomic E-state index is 0.0246. The lowest BCUT2D eigenvalue weighted by Crippen LogP contribution is -2.50. The fourth-order valence-electron chi connectivity index (χ4n) is 1.63. The van der Waals surface area contributed by atoms with Crippen LogP contribution >= 0.6 is 0 Å².